The molecule has 2 heterocycles. The monoisotopic (exact) mass is 367 g/mol. The SMILES string of the molecule is Cn1cc(C(=O)NC2CCCN(CC(F)(F)F)C2)c2ccccc2c1=O. The lowest BCUT2D eigenvalue weighted by Crippen LogP contribution is -2.50. The predicted octanol–water partition coefficient (Wildman–Crippen LogP) is 2.30. The Bertz CT molecular complexity index is 876. The number of aromatic nitrogens is 1. The number of hydrogen-bond donors (Lipinski definition) is 1. The van der Waals surface area contributed by atoms with Gasteiger partial charge in [0.15, 0.2) is 0 Å². The third kappa shape index (κ3) is 4.07. The molecule has 2 aromatic rings. The van der Waals surface area contributed by atoms with Gasteiger partial charge in [-0.1, -0.05) is 18.2 Å². The Kier molecular flexibility index (Phi) is 5.04. The van der Waals surface area contributed by atoms with Crippen LogP contribution < -0.4 is 10.9 Å². The maximum Gasteiger partial charge on any atom is 0.401 e. The molecule has 1 aliphatic rings. The van der Waals surface area contributed by atoms with Crippen molar-refractivity contribution >= 4 is 16.7 Å². The number of nitrogens with zero attached hydrogens (tertiary/aromatic N) is 2. The average molecular weight is 367 g/mol. The minimum absolute atomic E-state index is 0.162. The minimum atomic E-state index is -4.25. The zero-order valence-corrected chi connectivity index (χ0v) is 14.3. The van der Waals surface area contributed by atoms with Crippen LogP contribution in [0.1, 0.15) is 23.2 Å². The molecule has 1 amide bonds. The van der Waals surface area contributed by atoms with Crippen molar-refractivity contribution in [1.29, 1.82) is 0 Å². The Labute approximate surface area is 148 Å². The summed E-state index contributed by atoms with van der Waals surface area (Å²) in [4.78, 5) is 26.2. The van der Waals surface area contributed by atoms with Crippen molar-refractivity contribution in [2.75, 3.05) is 19.6 Å². The second-order valence-electron chi connectivity index (χ2n) is 6.67. The number of rotatable bonds is 3. The van der Waals surface area contributed by atoms with Gasteiger partial charge in [0.1, 0.15) is 0 Å². The van der Waals surface area contributed by atoms with Gasteiger partial charge in [-0.05, 0) is 25.5 Å². The number of benzene rings is 1. The van der Waals surface area contributed by atoms with E-state index in [-0.39, 0.29) is 24.1 Å². The summed E-state index contributed by atoms with van der Waals surface area (Å²) in [5.41, 5.74) is 0.141. The van der Waals surface area contributed by atoms with E-state index in [4.69, 9.17) is 0 Å². The lowest BCUT2D eigenvalue weighted by atomic mass is 10.0. The first-order valence-electron chi connectivity index (χ1n) is 8.43. The number of piperidine rings is 1. The molecule has 1 saturated heterocycles. The van der Waals surface area contributed by atoms with E-state index in [1.54, 1.807) is 31.3 Å². The van der Waals surface area contributed by atoms with Crippen LogP contribution in [0.4, 0.5) is 13.2 Å². The third-order valence-corrected chi connectivity index (χ3v) is 4.58. The standard InChI is InChI=1S/C18H20F3N3O2/c1-23-10-15(13-6-2-3-7-14(13)17(23)26)16(25)22-12-5-4-8-24(9-12)11-18(19,20)21/h2-3,6-7,10,12H,4-5,8-9,11H2,1H3,(H,22,25). The second kappa shape index (κ2) is 7.11. The highest BCUT2D eigenvalue weighted by atomic mass is 19.4. The summed E-state index contributed by atoms with van der Waals surface area (Å²) in [7, 11) is 1.57. The number of alkyl halides is 3. The molecule has 0 spiro atoms. The van der Waals surface area contributed by atoms with Crippen LogP contribution in [0, 0.1) is 0 Å². The zero-order chi connectivity index (χ0) is 18.9. The summed E-state index contributed by atoms with van der Waals surface area (Å²) >= 11 is 0. The number of carbonyl (C=O) groups is 1. The molecule has 1 unspecified atom stereocenters. The molecule has 0 radical (unpaired) electrons. The van der Waals surface area contributed by atoms with Gasteiger partial charge in [-0.3, -0.25) is 14.5 Å². The predicted molar refractivity (Wildman–Crippen MR) is 92.2 cm³/mol. The van der Waals surface area contributed by atoms with Crippen molar-refractivity contribution in [2.45, 2.75) is 25.1 Å². The maximum absolute atomic E-state index is 12.7. The van der Waals surface area contributed by atoms with Crippen LogP contribution in [0.25, 0.3) is 10.8 Å². The quantitative estimate of drug-likeness (QED) is 0.906. The Morgan fingerprint density at radius 1 is 1.27 bits per heavy atom. The van der Waals surface area contributed by atoms with Crippen LogP contribution in [0.5, 0.6) is 0 Å². The fraction of sp³-hybridized carbons (Fsp3) is 0.444. The molecule has 1 aliphatic heterocycles. The summed E-state index contributed by atoms with van der Waals surface area (Å²) < 4.78 is 39.1. The number of carbonyl (C=O) groups excluding carboxylic acids is 1. The van der Waals surface area contributed by atoms with Crippen molar-refractivity contribution in [1.82, 2.24) is 14.8 Å². The van der Waals surface area contributed by atoms with E-state index in [1.165, 1.54) is 15.7 Å². The first-order chi connectivity index (χ1) is 12.2. The minimum Gasteiger partial charge on any atom is -0.348 e. The van der Waals surface area contributed by atoms with Gasteiger partial charge in [-0.25, -0.2) is 0 Å². The van der Waals surface area contributed by atoms with Crippen LogP contribution in [0.15, 0.2) is 35.3 Å². The molecule has 5 nitrogen and oxygen atoms in total. The third-order valence-electron chi connectivity index (χ3n) is 4.58. The van der Waals surface area contributed by atoms with Gasteiger partial charge in [-0.2, -0.15) is 13.2 Å². The Morgan fingerprint density at radius 3 is 2.65 bits per heavy atom. The Morgan fingerprint density at radius 2 is 1.96 bits per heavy atom. The van der Waals surface area contributed by atoms with E-state index in [0.717, 1.165) is 0 Å². The molecular weight excluding hydrogens is 347 g/mol. The van der Waals surface area contributed by atoms with Crippen LogP contribution in [0.2, 0.25) is 0 Å². The molecular formula is C18H20F3N3O2. The van der Waals surface area contributed by atoms with E-state index in [9.17, 15) is 22.8 Å². The van der Waals surface area contributed by atoms with Gasteiger partial charge in [0, 0.05) is 36.6 Å². The summed E-state index contributed by atoms with van der Waals surface area (Å²) in [6, 6.07) is 6.46. The molecule has 1 N–H and O–H groups in total. The lowest BCUT2D eigenvalue weighted by molar-refractivity contribution is -0.148. The van der Waals surface area contributed by atoms with Crippen LogP contribution in [-0.4, -0.2) is 47.2 Å². The Hall–Kier alpha value is -2.35. The molecule has 1 aromatic heterocycles. The number of halogens is 3. The smallest absolute Gasteiger partial charge is 0.348 e. The molecule has 1 fully saturated rings. The van der Waals surface area contributed by atoms with Crippen LogP contribution >= 0.6 is 0 Å². The van der Waals surface area contributed by atoms with Crippen LogP contribution in [-0.2, 0) is 7.05 Å². The van der Waals surface area contributed by atoms with Gasteiger partial charge in [-0.15, -0.1) is 0 Å². The molecule has 1 atom stereocenters. The van der Waals surface area contributed by atoms with Crippen LogP contribution in [0.3, 0.4) is 0 Å². The molecule has 3 rings (SSSR count). The van der Waals surface area contributed by atoms with Gasteiger partial charge >= 0.3 is 6.18 Å². The number of nitrogens with one attached hydrogen (secondary N) is 1. The van der Waals surface area contributed by atoms with E-state index >= 15 is 0 Å². The molecule has 140 valence electrons. The van der Waals surface area contributed by atoms with Gasteiger partial charge in [0.25, 0.3) is 11.5 Å². The largest absolute Gasteiger partial charge is 0.401 e. The first kappa shape index (κ1) is 18.4. The van der Waals surface area contributed by atoms with Gasteiger partial charge < -0.3 is 9.88 Å². The highest BCUT2D eigenvalue weighted by molar-refractivity contribution is 6.06. The van der Waals surface area contributed by atoms with Gasteiger partial charge in [0.2, 0.25) is 0 Å². The van der Waals surface area contributed by atoms with E-state index in [1.807, 2.05) is 0 Å². The fourth-order valence-electron chi connectivity index (χ4n) is 3.43. The number of amides is 1. The van der Waals surface area contributed by atoms with Gasteiger partial charge in [0.05, 0.1) is 12.1 Å². The number of fused-ring (bicyclic) bond motifs is 1. The Balaban J connectivity index is 1.79. The highest BCUT2D eigenvalue weighted by Crippen LogP contribution is 2.20. The molecule has 8 heteroatoms. The summed E-state index contributed by atoms with van der Waals surface area (Å²) in [6.07, 6.45) is -1.56. The summed E-state index contributed by atoms with van der Waals surface area (Å²) in [5, 5.41) is 3.80. The van der Waals surface area contributed by atoms with E-state index < -0.39 is 12.7 Å². The van der Waals surface area contributed by atoms with Crippen molar-refractivity contribution in [2.24, 2.45) is 7.05 Å². The zero-order valence-electron chi connectivity index (χ0n) is 14.3. The van der Waals surface area contributed by atoms with E-state index in [0.29, 0.717) is 35.7 Å². The summed E-state index contributed by atoms with van der Waals surface area (Å²) in [6.45, 7) is -0.439. The molecule has 0 aliphatic carbocycles. The molecule has 26 heavy (non-hydrogen) atoms. The fourth-order valence-corrected chi connectivity index (χ4v) is 3.43. The van der Waals surface area contributed by atoms with Crippen molar-refractivity contribution in [3.05, 3.63) is 46.4 Å². The second-order valence-corrected chi connectivity index (χ2v) is 6.67. The molecule has 1 aromatic carbocycles. The molecule has 0 bridgehead atoms. The first-order valence-corrected chi connectivity index (χ1v) is 8.43. The number of hydrogen-bond acceptors (Lipinski definition) is 3. The molecule has 0 saturated carbocycles. The van der Waals surface area contributed by atoms with E-state index in [2.05, 4.69) is 5.32 Å². The van der Waals surface area contributed by atoms with Crippen molar-refractivity contribution in [3.63, 3.8) is 0 Å². The highest BCUT2D eigenvalue weighted by Gasteiger charge is 2.33. The normalized spacial score (nSPS) is 18.8. The average Bonchev–Trinajstić information content (AvgIpc) is 2.57. The number of aryl methyl sites for hydroxylation is 1. The van der Waals surface area contributed by atoms with Crippen molar-refractivity contribution < 1.29 is 18.0 Å². The topological polar surface area (TPSA) is 54.3 Å². The number of likely N-dealkylation sites (tertiary alicyclic amines) is 1. The number of pyridine rings is 1. The summed E-state index contributed by atoms with van der Waals surface area (Å²) in [5.74, 6) is -0.379. The maximum atomic E-state index is 12.7. The van der Waals surface area contributed by atoms with Crippen molar-refractivity contribution in [3.8, 4) is 0 Å². The lowest BCUT2D eigenvalue weighted by Gasteiger charge is -2.33.